The van der Waals surface area contributed by atoms with Crippen molar-refractivity contribution < 1.29 is 39.8 Å². The van der Waals surface area contributed by atoms with Crippen LogP contribution in [0.4, 0.5) is 0 Å². The van der Waals surface area contributed by atoms with E-state index < -0.39 is 49.5 Å². The number of aliphatic hydroxyl groups excluding tert-OH is 5. The van der Waals surface area contributed by atoms with E-state index in [0.29, 0.717) is 6.42 Å². The molecule has 1 rings (SSSR count). The Kier molecular flexibility index (Phi) is 45.4. The van der Waals surface area contributed by atoms with E-state index in [1.807, 2.05) is 13.0 Å². The number of nitrogens with one attached hydrogen (secondary N) is 1. The van der Waals surface area contributed by atoms with Crippen molar-refractivity contribution in [1.82, 2.24) is 5.32 Å². The fourth-order valence-corrected chi connectivity index (χ4v) is 9.52. The predicted octanol–water partition coefficient (Wildman–Crippen LogP) is 14.0. The average Bonchev–Trinajstić information content (AvgIpc) is 3.32. The van der Waals surface area contributed by atoms with Crippen LogP contribution in [0.2, 0.25) is 0 Å². The van der Waals surface area contributed by atoms with Crippen LogP contribution in [0.15, 0.2) is 12.2 Å². The number of rotatable bonds is 50. The summed E-state index contributed by atoms with van der Waals surface area (Å²) in [4.78, 5) is 12.8. The van der Waals surface area contributed by atoms with E-state index >= 15 is 0 Å². The van der Waals surface area contributed by atoms with Gasteiger partial charge >= 0.3 is 0 Å². The Morgan fingerprint density at radius 1 is 0.500 bits per heavy atom. The first-order chi connectivity index (χ1) is 32.3. The summed E-state index contributed by atoms with van der Waals surface area (Å²) in [6.45, 7) is 3.58. The van der Waals surface area contributed by atoms with Gasteiger partial charge in [0, 0.05) is 6.42 Å². The lowest BCUT2D eigenvalue weighted by Gasteiger charge is -2.40. The number of carbonyl (C=O) groups is 1. The quantitative estimate of drug-likeness (QED) is 0.0261. The van der Waals surface area contributed by atoms with Crippen LogP contribution >= 0.6 is 0 Å². The predicted molar refractivity (Wildman–Crippen MR) is 277 cm³/mol. The molecule has 0 aromatic rings. The first kappa shape index (κ1) is 62.9. The zero-order valence-corrected chi connectivity index (χ0v) is 43.5. The molecule has 0 aromatic carbocycles. The highest BCUT2D eigenvalue weighted by atomic mass is 16.7. The molecule has 66 heavy (non-hydrogen) atoms. The molecule has 0 bridgehead atoms. The highest BCUT2D eigenvalue weighted by molar-refractivity contribution is 5.76. The molecule has 1 fully saturated rings. The number of aliphatic hydroxyl groups is 5. The molecule has 9 nitrogen and oxygen atoms in total. The second-order valence-electron chi connectivity index (χ2n) is 20.5. The first-order valence-corrected chi connectivity index (χ1v) is 28.9. The first-order valence-electron chi connectivity index (χ1n) is 28.9. The molecule has 6 N–H and O–H groups in total. The van der Waals surface area contributed by atoms with Crippen LogP contribution in [-0.2, 0) is 14.3 Å². The van der Waals surface area contributed by atoms with Crippen LogP contribution in [0.5, 0.6) is 0 Å². The van der Waals surface area contributed by atoms with Crippen LogP contribution in [-0.4, -0.2) is 87.5 Å². The van der Waals surface area contributed by atoms with E-state index in [9.17, 15) is 30.3 Å². The molecule has 0 saturated carbocycles. The van der Waals surface area contributed by atoms with Gasteiger partial charge in [-0.05, 0) is 12.8 Å². The normalized spacial score (nSPS) is 19.8. The van der Waals surface area contributed by atoms with Crippen LogP contribution in [0, 0.1) is 0 Å². The molecule has 1 aliphatic heterocycles. The van der Waals surface area contributed by atoms with Crippen LogP contribution in [0.25, 0.3) is 0 Å². The van der Waals surface area contributed by atoms with Crippen molar-refractivity contribution in [3.63, 3.8) is 0 Å². The van der Waals surface area contributed by atoms with Crippen molar-refractivity contribution in [1.29, 1.82) is 0 Å². The van der Waals surface area contributed by atoms with Crippen molar-refractivity contribution >= 4 is 5.91 Å². The maximum atomic E-state index is 12.8. The van der Waals surface area contributed by atoms with Gasteiger partial charge in [0.1, 0.15) is 24.4 Å². The third-order valence-electron chi connectivity index (χ3n) is 14.1. The third kappa shape index (κ3) is 36.9. The van der Waals surface area contributed by atoms with Crippen LogP contribution in [0.1, 0.15) is 290 Å². The van der Waals surface area contributed by atoms with Crippen molar-refractivity contribution in [3.8, 4) is 0 Å². The van der Waals surface area contributed by atoms with E-state index in [1.54, 1.807) is 6.08 Å². The van der Waals surface area contributed by atoms with Gasteiger partial charge in [0.25, 0.3) is 0 Å². The zero-order valence-electron chi connectivity index (χ0n) is 43.5. The Morgan fingerprint density at radius 2 is 0.833 bits per heavy atom. The summed E-state index contributed by atoms with van der Waals surface area (Å²) >= 11 is 0. The Balaban J connectivity index is 1.85. The van der Waals surface area contributed by atoms with Gasteiger partial charge in [0.2, 0.25) is 5.91 Å². The van der Waals surface area contributed by atoms with E-state index in [2.05, 4.69) is 12.2 Å². The Morgan fingerprint density at radius 3 is 1.15 bits per heavy atom. The maximum Gasteiger partial charge on any atom is 0.220 e. The Labute approximate surface area is 407 Å². The van der Waals surface area contributed by atoms with Gasteiger partial charge in [-0.3, -0.25) is 4.79 Å². The van der Waals surface area contributed by atoms with Gasteiger partial charge in [-0.25, -0.2) is 0 Å². The molecule has 1 saturated heterocycles. The molecular formula is C57H111NO8. The summed E-state index contributed by atoms with van der Waals surface area (Å²) in [6.07, 6.45) is 53.0. The van der Waals surface area contributed by atoms with Crippen molar-refractivity contribution in [2.24, 2.45) is 0 Å². The number of amides is 1. The SMILES string of the molecule is CCC/C=C/C(O)C(COC1OC(CO)C(O)C(O)C1O)NC(=O)CCCCCCCCCCCCCCCCCCCCCCCCCCCCCCCCCCCCCCCCCC. The smallest absolute Gasteiger partial charge is 0.220 e. The van der Waals surface area contributed by atoms with E-state index in [4.69, 9.17) is 9.47 Å². The number of unbranched alkanes of at least 4 members (excludes halogenated alkanes) is 40. The zero-order chi connectivity index (χ0) is 48.0. The summed E-state index contributed by atoms with van der Waals surface area (Å²) in [5.74, 6) is -0.183. The average molecular weight is 939 g/mol. The minimum absolute atomic E-state index is 0.183. The van der Waals surface area contributed by atoms with Crippen molar-refractivity contribution in [3.05, 3.63) is 12.2 Å². The second-order valence-corrected chi connectivity index (χ2v) is 20.5. The van der Waals surface area contributed by atoms with Crippen LogP contribution < -0.4 is 5.32 Å². The minimum atomic E-state index is -1.56. The van der Waals surface area contributed by atoms with Gasteiger partial charge in [-0.2, -0.15) is 0 Å². The number of hydrogen-bond donors (Lipinski definition) is 6. The van der Waals surface area contributed by atoms with Gasteiger partial charge in [-0.15, -0.1) is 0 Å². The highest BCUT2D eigenvalue weighted by Gasteiger charge is 2.44. The van der Waals surface area contributed by atoms with Gasteiger partial charge in [0.05, 0.1) is 25.4 Å². The topological polar surface area (TPSA) is 149 Å². The Hall–Kier alpha value is -1.07. The molecule has 7 unspecified atom stereocenters. The van der Waals surface area contributed by atoms with Crippen LogP contribution in [0.3, 0.4) is 0 Å². The maximum absolute atomic E-state index is 12.8. The molecule has 0 radical (unpaired) electrons. The second kappa shape index (κ2) is 47.6. The molecule has 1 aliphatic rings. The standard InChI is InChI=1S/C57H111NO8/c1-3-5-7-8-9-10-11-12-13-14-15-16-17-18-19-20-21-22-23-24-25-26-27-28-29-30-31-32-33-34-35-36-37-38-39-40-41-42-43-45-47-53(61)58-50(51(60)46-44-6-4-2)49-65-57-56(64)55(63)54(62)52(48-59)66-57/h44,46,50-52,54-57,59-60,62-64H,3-43,45,47-49H2,1-2H3,(H,58,61)/b46-44+. The van der Waals surface area contributed by atoms with E-state index in [1.165, 1.54) is 238 Å². The lowest BCUT2D eigenvalue weighted by Crippen LogP contribution is -2.60. The molecule has 1 amide bonds. The molecule has 7 atom stereocenters. The number of hydrogen-bond acceptors (Lipinski definition) is 8. The molecule has 1 heterocycles. The number of carbonyl (C=O) groups excluding carboxylic acids is 1. The lowest BCUT2D eigenvalue weighted by atomic mass is 9.99. The van der Waals surface area contributed by atoms with E-state index in [-0.39, 0.29) is 12.5 Å². The third-order valence-corrected chi connectivity index (χ3v) is 14.1. The van der Waals surface area contributed by atoms with Crippen molar-refractivity contribution in [2.75, 3.05) is 13.2 Å². The summed E-state index contributed by atoms with van der Waals surface area (Å²) < 4.78 is 11.1. The monoisotopic (exact) mass is 938 g/mol. The number of allylic oxidation sites excluding steroid dienone is 1. The molecule has 0 spiro atoms. The fourth-order valence-electron chi connectivity index (χ4n) is 9.52. The summed E-state index contributed by atoms with van der Waals surface area (Å²) in [7, 11) is 0. The van der Waals surface area contributed by atoms with Gasteiger partial charge in [-0.1, -0.05) is 283 Å². The molecule has 0 aromatic heterocycles. The largest absolute Gasteiger partial charge is 0.394 e. The highest BCUT2D eigenvalue weighted by Crippen LogP contribution is 2.23. The van der Waals surface area contributed by atoms with Gasteiger partial charge < -0.3 is 40.3 Å². The molecule has 0 aliphatic carbocycles. The molecular weight excluding hydrogens is 827 g/mol. The summed E-state index contributed by atoms with van der Waals surface area (Å²) in [5.41, 5.74) is 0. The summed E-state index contributed by atoms with van der Waals surface area (Å²) in [5, 5.41) is 53.5. The number of ether oxygens (including phenoxy) is 2. The summed E-state index contributed by atoms with van der Waals surface area (Å²) in [6, 6.07) is -0.796. The van der Waals surface area contributed by atoms with Gasteiger partial charge in [0.15, 0.2) is 6.29 Å². The minimum Gasteiger partial charge on any atom is -0.394 e. The van der Waals surface area contributed by atoms with Crippen molar-refractivity contribution in [2.45, 2.75) is 333 Å². The Bertz CT molecular complexity index is 1040. The fraction of sp³-hybridized carbons (Fsp3) is 0.947. The lowest BCUT2D eigenvalue weighted by molar-refractivity contribution is -0.302. The molecule has 392 valence electrons. The molecule has 9 heteroatoms. The van der Waals surface area contributed by atoms with E-state index in [0.717, 1.165) is 32.1 Å².